The minimum atomic E-state index is 0.551. The van der Waals surface area contributed by atoms with Crippen LogP contribution in [-0.4, -0.2) is 51.3 Å². The molecular formula is C21H17ClN6O3S. The summed E-state index contributed by atoms with van der Waals surface area (Å²) in [7, 11) is 4.76. The van der Waals surface area contributed by atoms with Gasteiger partial charge in [0.1, 0.15) is 11.4 Å². The normalized spacial score (nSPS) is 11.1. The summed E-state index contributed by atoms with van der Waals surface area (Å²) >= 11 is 7.37. The van der Waals surface area contributed by atoms with Crippen molar-refractivity contribution in [2.45, 2.75) is 0 Å². The number of H-pyrrole nitrogens is 1. The van der Waals surface area contributed by atoms with E-state index in [0.717, 1.165) is 16.8 Å². The molecule has 1 N–H and O–H groups in total. The van der Waals surface area contributed by atoms with Gasteiger partial charge in [0.15, 0.2) is 16.5 Å². The fraction of sp³-hybridized carbons (Fsp3) is 0.143. The molecule has 0 amide bonds. The number of nitrogens with zero attached hydrogens (tertiary/aromatic N) is 5. The highest BCUT2D eigenvalue weighted by Crippen LogP contribution is 2.41. The van der Waals surface area contributed by atoms with E-state index in [0.29, 0.717) is 43.8 Å². The summed E-state index contributed by atoms with van der Waals surface area (Å²) in [5.74, 6) is 2.31. The van der Waals surface area contributed by atoms with Crippen LogP contribution in [0.1, 0.15) is 0 Å². The number of halogens is 1. The maximum Gasteiger partial charge on any atom is 0.235 e. The molecule has 0 bridgehead atoms. The van der Waals surface area contributed by atoms with Crippen LogP contribution in [0.25, 0.3) is 38.3 Å². The van der Waals surface area contributed by atoms with Crippen molar-refractivity contribution in [2.75, 3.05) is 21.3 Å². The van der Waals surface area contributed by atoms with Gasteiger partial charge in [-0.1, -0.05) is 35.1 Å². The van der Waals surface area contributed by atoms with Crippen LogP contribution in [-0.2, 0) is 0 Å². The van der Waals surface area contributed by atoms with E-state index >= 15 is 0 Å². The molecule has 0 unspecified atom stereocenters. The quantitative estimate of drug-likeness (QED) is 0.389. The number of hydrogen-bond donors (Lipinski definition) is 1. The maximum absolute atomic E-state index is 5.98. The van der Waals surface area contributed by atoms with Gasteiger partial charge in [-0.05, 0) is 24.3 Å². The Kier molecular flexibility index (Phi) is 5.16. The van der Waals surface area contributed by atoms with Gasteiger partial charge in [0, 0.05) is 16.7 Å². The predicted octanol–water partition coefficient (Wildman–Crippen LogP) is 4.59. The van der Waals surface area contributed by atoms with Gasteiger partial charge in [0.25, 0.3) is 0 Å². The van der Waals surface area contributed by atoms with E-state index in [-0.39, 0.29) is 0 Å². The summed E-state index contributed by atoms with van der Waals surface area (Å²) in [4.78, 5) is 0.634. The molecule has 0 aliphatic rings. The first kappa shape index (κ1) is 20.3. The molecule has 0 saturated carbocycles. The molecule has 0 radical (unpaired) electrons. The Morgan fingerprint density at radius 3 is 2.34 bits per heavy atom. The van der Waals surface area contributed by atoms with Crippen LogP contribution in [0.2, 0.25) is 5.02 Å². The number of aromatic amines is 1. The van der Waals surface area contributed by atoms with Gasteiger partial charge < -0.3 is 14.2 Å². The molecule has 162 valence electrons. The fourth-order valence-electron chi connectivity index (χ4n) is 3.29. The second-order valence-electron chi connectivity index (χ2n) is 6.71. The average molecular weight is 469 g/mol. The highest BCUT2D eigenvalue weighted by Gasteiger charge is 2.20. The third-order valence-electron chi connectivity index (χ3n) is 4.89. The van der Waals surface area contributed by atoms with Gasteiger partial charge in [0.05, 0.1) is 32.6 Å². The van der Waals surface area contributed by atoms with Crippen LogP contribution in [0.15, 0.2) is 42.5 Å². The molecule has 0 spiro atoms. The number of nitrogens with one attached hydrogen (secondary N) is 1. The standard InChI is InChI=1S/C21H17ClN6O3S/c1-29-16-10-18(31-3)17(30-2)8-13(16)20-27-28-19(25-26-21(28)32-20)15-9-14(23-24-15)11-4-6-12(22)7-5-11/h4-10H,1-3H3,(H,23,24). The van der Waals surface area contributed by atoms with Crippen LogP contribution < -0.4 is 14.2 Å². The van der Waals surface area contributed by atoms with Crippen LogP contribution in [0, 0.1) is 0 Å². The maximum atomic E-state index is 5.98. The molecule has 0 saturated heterocycles. The molecule has 9 nitrogen and oxygen atoms in total. The van der Waals surface area contributed by atoms with Gasteiger partial charge in [0.2, 0.25) is 10.8 Å². The molecule has 5 rings (SSSR count). The summed E-state index contributed by atoms with van der Waals surface area (Å²) in [6.07, 6.45) is 0. The lowest BCUT2D eigenvalue weighted by molar-refractivity contribution is 0.349. The van der Waals surface area contributed by atoms with E-state index in [2.05, 4.69) is 20.4 Å². The largest absolute Gasteiger partial charge is 0.496 e. The zero-order valence-corrected chi connectivity index (χ0v) is 18.9. The SMILES string of the molecule is COc1cc(OC)c(-c2nn3c(-c4cc(-c5ccc(Cl)cc5)n[nH]4)nnc3s2)cc1OC. The summed E-state index contributed by atoms with van der Waals surface area (Å²) in [5.41, 5.74) is 3.16. The highest BCUT2D eigenvalue weighted by atomic mass is 35.5. The number of aromatic nitrogens is 6. The molecule has 3 heterocycles. The molecule has 0 aliphatic carbocycles. The van der Waals surface area contributed by atoms with Gasteiger partial charge in [-0.15, -0.1) is 10.2 Å². The molecule has 5 aromatic rings. The zero-order chi connectivity index (χ0) is 22.2. The Hall–Kier alpha value is -3.63. The zero-order valence-electron chi connectivity index (χ0n) is 17.3. The lowest BCUT2D eigenvalue weighted by atomic mass is 10.1. The number of hydrogen-bond acceptors (Lipinski definition) is 8. The van der Waals surface area contributed by atoms with Crippen molar-refractivity contribution in [3.05, 3.63) is 47.5 Å². The first-order chi connectivity index (χ1) is 15.6. The first-order valence-electron chi connectivity index (χ1n) is 9.45. The first-order valence-corrected chi connectivity index (χ1v) is 10.6. The van der Waals surface area contributed by atoms with Crippen LogP contribution >= 0.6 is 22.9 Å². The van der Waals surface area contributed by atoms with E-state index in [1.165, 1.54) is 11.3 Å². The average Bonchev–Trinajstić information content (AvgIpc) is 3.54. The fourth-order valence-corrected chi connectivity index (χ4v) is 4.28. The van der Waals surface area contributed by atoms with Crippen molar-refractivity contribution in [1.82, 2.24) is 30.0 Å². The third-order valence-corrected chi connectivity index (χ3v) is 6.07. The minimum Gasteiger partial charge on any atom is -0.496 e. The lowest BCUT2D eigenvalue weighted by Crippen LogP contribution is -1.96. The van der Waals surface area contributed by atoms with Crippen LogP contribution in [0.5, 0.6) is 17.2 Å². The number of methoxy groups -OCH3 is 3. The van der Waals surface area contributed by atoms with E-state index in [1.54, 1.807) is 31.9 Å². The molecule has 32 heavy (non-hydrogen) atoms. The molecule has 0 aliphatic heterocycles. The second-order valence-corrected chi connectivity index (χ2v) is 8.10. The number of ether oxygens (including phenoxy) is 3. The molecule has 11 heteroatoms. The minimum absolute atomic E-state index is 0.551. The van der Waals surface area contributed by atoms with Gasteiger partial charge in [-0.3, -0.25) is 5.10 Å². The Morgan fingerprint density at radius 1 is 0.906 bits per heavy atom. The Balaban J connectivity index is 1.56. The topological polar surface area (TPSA) is 99.5 Å². The van der Waals surface area contributed by atoms with E-state index < -0.39 is 0 Å². The molecule has 0 atom stereocenters. The Bertz CT molecular complexity index is 1410. The number of rotatable bonds is 6. The summed E-state index contributed by atoms with van der Waals surface area (Å²) in [6, 6.07) is 13.0. The van der Waals surface area contributed by atoms with Gasteiger partial charge in [-0.25, -0.2) is 0 Å². The lowest BCUT2D eigenvalue weighted by Gasteiger charge is -2.12. The predicted molar refractivity (Wildman–Crippen MR) is 122 cm³/mol. The molecule has 0 fully saturated rings. The molecule has 3 aromatic heterocycles. The molecule has 2 aromatic carbocycles. The van der Waals surface area contributed by atoms with Crippen LogP contribution in [0.4, 0.5) is 0 Å². The third kappa shape index (κ3) is 3.43. The molecular weight excluding hydrogens is 452 g/mol. The van der Waals surface area contributed by atoms with E-state index in [9.17, 15) is 0 Å². The summed E-state index contributed by atoms with van der Waals surface area (Å²) < 4.78 is 18.0. The van der Waals surface area contributed by atoms with Crippen molar-refractivity contribution in [1.29, 1.82) is 0 Å². The highest BCUT2D eigenvalue weighted by molar-refractivity contribution is 7.19. The summed E-state index contributed by atoms with van der Waals surface area (Å²) in [5, 5.41) is 22.0. The summed E-state index contributed by atoms with van der Waals surface area (Å²) in [6.45, 7) is 0. The van der Waals surface area contributed by atoms with Crippen molar-refractivity contribution >= 4 is 27.9 Å². The van der Waals surface area contributed by atoms with Gasteiger partial charge in [-0.2, -0.15) is 14.7 Å². The van der Waals surface area contributed by atoms with Crippen molar-refractivity contribution < 1.29 is 14.2 Å². The van der Waals surface area contributed by atoms with Crippen molar-refractivity contribution in [3.63, 3.8) is 0 Å². The number of fused-ring (bicyclic) bond motifs is 1. The van der Waals surface area contributed by atoms with E-state index in [1.807, 2.05) is 36.4 Å². The Morgan fingerprint density at radius 2 is 1.62 bits per heavy atom. The van der Waals surface area contributed by atoms with Crippen molar-refractivity contribution in [2.24, 2.45) is 0 Å². The Labute approximate surface area is 191 Å². The number of benzene rings is 2. The monoisotopic (exact) mass is 468 g/mol. The van der Waals surface area contributed by atoms with E-state index in [4.69, 9.17) is 30.9 Å². The van der Waals surface area contributed by atoms with Gasteiger partial charge >= 0.3 is 0 Å². The second kappa shape index (κ2) is 8.13. The van der Waals surface area contributed by atoms with Crippen molar-refractivity contribution in [3.8, 4) is 50.6 Å². The van der Waals surface area contributed by atoms with Crippen LogP contribution in [0.3, 0.4) is 0 Å². The smallest absolute Gasteiger partial charge is 0.235 e.